The fourth-order valence-electron chi connectivity index (χ4n) is 2.76. The van der Waals surface area contributed by atoms with Crippen molar-refractivity contribution in [2.75, 3.05) is 13.7 Å². The molecular formula is C17H15N5O2. The van der Waals surface area contributed by atoms with Gasteiger partial charge in [-0.1, -0.05) is 0 Å². The van der Waals surface area contributed by atoms with Gasteiger partial charge in [-0.05, 0) is 18.2 Å². The highest BCUT2D eigenvalue weighted by Gasteiger charge is 2.20. The summed E-state index contributed by atoms with van der Waals surface area (Å²) in [6.07, 6.45) is 5.89. The van der Waals surface area contributed by atoms with E-state index in [-0.39, 0.29) is 5.91 Å². The van der Waals surface area contributed by atoms with E-state index >= 15 is 0 Å². The molecule has 0 bridgehead atoms. The number of nitrogens with zero attached hydrogens (tertiary/aromatic N) is 3. The number of nitrogens with one attached hydrogen (secondary N) is 2. The molecule has 0 saturated carbocycles. The van der Waals surface area contributed by atoms with Crippen molar-refractivity contribution >= 4 is 5.91 Å². The van der Waals surface area contributed by atoms with Crippen LogP contribution in [0.2, 0.25) is 0 Å². The molecule has 2 N–H and O–H groups in total. The molecule has 1 aliphatic heterocycles. The molecule has 0 spiro atoms. The number of ether oxygens (including phenoxy) is 1. The van der Waals surface area contributed by atoms with E-state index in [1.165, 1.54) is 7.11 Å². The Morgan fingerprint density at radius 1 is 1.12 bits per heavy atom. The number of carbonyl (C=O) groups excluding carboxylic acids is 1. The summed E-state index contributed by atoms with van der Waals surface area (Å²) in [5, 5.41) is 2.85. The van der Waals surface area contributed by atoms with E-state index in [0.29, 0.717) is 18.1 Å². The van der Waals surface area contributed by atoms with Gasteiger partial charge in [-0.25, -0.2) is 9.97 Å². The summed E-state index contributed by atoms with van der Waals surface area (Å²) in [5.41, 5.74) is 5.09. The number of carbonyl (C=O) groups is 1. The molecule has 1 aliphatic rings. The molecule has 3 aromatic heterocycles. The summed E-state index contributed by atoms with van der Waals surface area (Å²) in [4.78, 5) is 27.8. The van der Waals surface area contributed by atoms with E-state index in [0.717, 1.165) is 34.6 Å². The molecular weight excluding hydrogens is 306 g/mol. The van der Waals surface area contributed by atoms with Crippen LogP contribution in [0.3, 0.4) is 0 Å². The average Bonchev–Trinajstić information content (AvgIpc) is 3.08. The summed E-state index contributed by atoms with van der Waals surface area (Å²) in [5.74, 6) is -0.0309. The van der Waals surface area contributed by atoms with Crippen molar-refractivity contribution in [1.82, 2.24) is 25.3 Å². The number of H-pyrrole nitrogens is 1. The van der Waals surface area contributed by atoms with Gasteiger partial charge >= 0.3 is 6.01 Å². The van der Waals surface area contributed by atoms with Gasteiger partial charge in [0.2, 0.25) is 0 Å². The highest BCUT2D eigenvalue weighted by molar-refractivity contribution is 5.97. The molecule has 0 saturated heterocycles. The number of pyridine rings is 1. The van der Waals surface area contributed by atoms with Crippen LogP contribution in [-0.2, 0) is 6.42 Å². The van der Waals surface area contributed by atoms with Gasteiger partial charge in [-0.2, -0.15) is 0 Å². The standard InChI is InChI=1S/C17H15N5O2/c1-24-17-20-8-11(9-21-17)14-6-10(2-4-18-14)15-7-12-13(22-15)3-5-19-16(12)23/h2,4,6-9,22H,3,5H2,1H3,(H,19,23). The SMILES string of the molecule is COc1ncc(-c2cc(-c3cc4c([nH]3)CCNC4=O)ccn2)cn1. The summed E-state index contributed by atoms with van der Waals surface area (Å²) in [6.45, 7) is 0.663. The molecule has 1 amide bonds. The number of aromatic amines is 1. The second-order valence-electron chi connectivity index (χ2n) is 5.47. The van der Waals surface area contributed by atoms with Crippen molar-refractivity contribution in [1.29, 1.82) is 0 Å². The van der Waals surface area contributed by atoms with Crippen LogP contribution >= 0.6 is 0 Å². The monoisotopic (exact) mass is 321 g/mol. The van der Waals surface area contributed by atoms with E-state index in [1.54, 1.807) is 18.6 Å². The Labute approximate surface area is 138 Å². The fourth-order valence-corrected chi connectivity index (χ4v) is 2.76. The lowest BCUT2D eigenvalue weighted by Crippen LogP contribution is -2.31. The van der Waals surface area contributed by atoms with Crippen LogP contribution in [0, 0.1) is 0 Å². The van der Waals surface area contributed by atoms with Crippen LogP contribution in [0.4, 0.5) is 0 Å². The third kappa shape index (κ3) is 2.50. The van der Waals surface area contributed by atoms with E-state index in [2.05, 4.69) is 25.3 Å². The van der Waals surface area contributed by atoms with Gasteiger partial charge in [0.1, 0.15) is 0 Å². The van der Waals surface area contributed by atoms with Crippen molar-refractivity contribution in [2.24, 2.45) is 0 Å². The van der Waals surface area contributed by atoms with Crippen LogP contribution in [-0.4, -0.2) is 39.5 Å². The minimum absolute atomic E-state index is 0.0309. The lowest BCUT2D eigenvalue weighted by Gasteiger charge is -2.10. The number of methoxy groups -OCH3 is 1. The van der Waals surface area contributed by atoms with Crippen molar-refractivity contribution < 1.29 is 9.53 Å². The number of fused-ring (bicyclic) bond motifs is 1. The summed E-state index contributed by atoms with van der Waals surface area (Å²) in [7, 11) is 1.52. The van der Waals surface area contributed by atoms with Crippen LogP contribution in [0.25, 0.3) is 22.5 Å². The molecule has 0 radical (unpaired) electrons. The van der Waals surface area contributed by atoms with Gasteiger partial charge in [-0.3, -0.25) is 9.78 Å². The lowest BCUT2D eigenvalue weighted by molar-refractivity contribution is 0.0946. The van der Waals surface area contributed by atoms with Gasteiger partial charge in [0, 0.05) is 54.1 Å². The zero-order valence-corrected chi connectivity index (χ0v) is 13.0. The number of aromatic nitrogens is 4. The number of rotatable bonds is 3. The molecule has 0 atom stereocenters. The molecule has 7 heteroatoms. The molecule has 0 unspecified atom stereocenters. The molecule has 3 aromatic rings. The molecule has 4 heterocycles. The van der Waals surface area contributed by atoms with Gasteiger partial charge in [0.25, 0.3) is 5.91 Å². The van der Waals surface area contributed by atoms with E-state index in [4.69, 9.17) is 4.74 Å². The van der Waals surface area contributed by atoms with Crippen molar-refractivity contribution in [3.63, 3.8) is 0 Å². The third-order valence-corrected chi connectivity index (χ3v) is 3.98. The zero-order valence-electron chi connectivity index (χ0n) is 13.0. The zero-order chi connectivity index (χ0) is 16.5. The smallest absolute Gasteiger partial charge is 0.316 e. The lowest BCUT2D eigenvalue weighted by atomic mass is 10.1. The first-order chi connectivity index (χ1) is 11.7. The van der Waals surface area contributed by atoms with Gasteiger partial charge in [-0.15, -0.1) is 0 Å². The van der Waals surface area contributed by atoms with Gasteiger partial charge < -0.3 is 15.0 Å². The Balaban J connectivity index is 1.71. The Bertz CT molecular complexity index is 902. The summed E-state index contributed by atoms with van der Waals surface area (Å²) in [6, 6.07) is 6.05. The minimum atomic E-state index is -0.0309. The summed E-state index contributed by atoms with van der Waals surface area (Å²) >= 11 is 0. The Hall–Kier alpha value is -3.22. The van der Waals surface area contributed by atoms with Crippen molar-refractivity contribution in [3.8, 4) is 28.5 Å². The third-order valence-electron chi connectivity index (χ3n) is 3.98. The predicted molar refractivity (Wildman–Crippen MR) is 87.6 cm³/mol. The van der Waals surface area contributed by atoms with Crippen LogP contribution in [0.15, 0.2) is 36.8 Å². The first-order valence-corrected chi connectivity index (χ1v) is 7.57. The van der Waals surface area contributed by atoms with Crippen LogP contribution < -0.4 is 10.1 Å². The van der Waals surface area contributed by atoms with Crippen LogP contribution in [0.1, 0.15) is 16.1 Å². The van der Waals surface area contributed by atoms with Gasteiger partial charge in [0.05, 0.1) is 18.4 Å². The topological polar surface area (TPSA) is 92.8 Å². The number of hydrogen-bond donors (Lipinski definition) is 2. The maximum atomic E-state index is 11.9. The number of hydrogen-bond acceptors (Lipinski definition) is 5. The second-order valence-corrected chi connectivity index (χ2v) is 5.47. The second kappa shape index (κ2) is 5.77. The molecule has 120 valence electrons. The molecule has 0 aromatic carbocycles. The number of amides is 1. The Morgan fingerprint density at radius 3 is 2.71 bits per heavy atom. The van der Waals surface area contributed by atoms with Crippen molar-refractivity contribution in [2.45, 2.75) is 6.42 Å². The maximum Gasteiger partial charge on any atom is 0.316 e. The fraction of sp³-hybridized carbons (Fsp3) is 0.176. The van der Waals surface area contributed by atoms with Crippen molar-refractivity contribution in [3.05, 3.63) is 48.0 Å². The molecule has 7 nitrogen and oxygen atoms in total. The largest absolute Gasteiger partial charge is 0.467 e. The van der Waals surface area contributed by atoms with Gasteiger partial charge in [0.15, 0.2) is 0 Å². The van der Waals surface area contributed by atoms with E-state index in [9.17, 15) is 4.79 Å². The Morgan fingerprint density at radius 2 is 1.96 bits per heavy atom. The Kier molecular flexibility index (Phi) is 3.45. The molecule has 24 heavy (non-hydrogen) atoms. The van der Waals surface area contributed by atoms with E-state index in [1.807, 2.05) is 18.2 Å². The quantitative estimate of drug-likeness (QED) is 0.768. The maximum absolute atomic E-state index is 11.9. The first kappa shape index (κ1) is 14.4. The average molecular weight is 321 g/mol. The normalized spacial score (nSPS) is 13.3. The highest BCUT2D eigenvalue weighted by Crippen LogP contribution is 2.26. The highest BCUT2D eigenvalue weighted by atomic mass is 16.5. The summed E-state index contributed by atoms with van der Waals surface area (Å²) < 4.78 is 4.97. The van der Waals surface area contributed by atoms with Crippen LogP contribution in [0.5, 0.6) is 6.01 Å². The first-order valence-electron chi connectivity index (χ1n) is 7.57. The minimum Gasteiger partial charge on any atom is -0.467 e. The molecule has 0 aliphatic carbocycles. The molecule has 4 rings (SSSR count). The predicted octanol–water partition coefficient (Wildman–Crippen LogP) is 1.83. The molecule has 0 fully saturated rings. The van der Waals surface area contributed by atoms with E-state index < -0.39 is 0 Å².